The Labute approximate surface area is 148 Å². The second kappa shape index (κ2) is 8.71. The molecule has 3 N–H and O–H groups in total. The summed E-state index contributed by atoms with van der Waals surface area (Å²) in [5.41, 5.74) is 1.60. The van der Waals surface area contributed by atoms with Gasteiger partial charge in [0.2, 0.25) is 5.95 Å². The second-order valence-corrected chi connectivity index (χ2v) is 6.48. The maximum absolute atomic E-state index is 9.71. The molecule has 2 aromatic rings. The molecule has 1 aliphatic rings. The highest BCUT2D eigenvalue weighted by molar-refractivity contribution is 5.72. The highest BCUT2D eigenvalue weighted by Crippen LogP contribution is 2.28. The molecule has 1 aliphatic carbocycles. The molecule has 0 unspecified atom stereocenters. The first kappa shape index (κ1) is 17.5. The molecule has 0 aromatic carbocycles. The van der Waals surface area contributed by atoms with Crippen molar-refractivity contribution in [3.63, 3.8) is 0 Å². The van der Waals surface area contributed by atoms with E-state index >= 15 is 0 Å². The van der Waals surface area contributed by atoms with Crippen LogP contribution >= 0.6 is 0 Å². The Morgan fingerprint density at radius 3 is 2.68 bits per heavy atom. The van der Waals surface area contributed by atoms with E-state index < -0.39 is 0 Å². The number of aliphatic hydroxyl groups excluding tert-OH is 1. The number of nitrogens with one attached hydrogen (secondary N) is 2. The first-order chi connectivity index (χ1) is 12.3. The molecule has 1 fully saturated rings. The summed E-state index contributed by atoms with van der Waals surface area (Å²) in [7, 11) is 0. The molecule has 0 radical (unpaired) electrons. The van der Waals surface area contributed by atoms with Gasteiger partial charge >= 0.3 is 0 Å². The van der Waals surface area contributed by atoms with E-state index in [4.69, 9.17) is 0 Å². The summed E-state index contributed by atoms with van der Waals surface area (Å²) < 4.78 is 0. The van der Waals surface area contributed by atoms with Gasteiger partial charge in [-0.3, -0.25) is 9.97 Å². The molecule has 2 heterocycles. The quantitative estimate of drug-likeness (QED) is 0.666. The number of rotatable bonds is 7. The van der Waals surface area contributed by atoms with Crippen LogP contribution in [-0.4, -0.2) is 43.7 Å². The van der Waals surface area contributed by atoms with Gasteiger partial charge in [-0.05, 0) is 32.1 Å². The van der Waals surface area contributed by atoms with E-state index in [0.29, 0.717) is 12.0 Å². The zero-order chi connectivity index (χ0) is 17.5. The van der Waals surface area contributed by atoms with E-state index in [1.807, 2.05) is 0 Å². The molecule has 0 aliphatic heterocycles. The Morgan fingerprint density at radius 1 is 1.12 bits per heavy atom. The number of aliphatic hydroxyl groups is 1. The van der Waals surface area contributed by atoms with Crippen molar-refractivity contribution in [1.82, 2.24) is 19.9 Å². The van der Waals surface area contributed by atoms with Crippen molar-refractivity contribution in [3.05, 3.63) is 24.8 Å². The first-order valence-electron chi connectivity index (χ1n) is 9.08. The maximum atomic E-state index is 9.71. The maximum Gasteiger partial charge on any atom is 0.224 e. The molecule has 0 bridgehead atoms. The van der Waals surface area contributed by atoms with Crippen LogP contribution in [0.4, 0.5) is 11.8 Å². The fourth-order valence-corrected chi connectivity index (χ4v) is 2.99. The molecule has 134 valence electrons. The molecule has 0 spiro atoms. The third kappa shape index (κ3) is 4.85. The number of unbranched alkanes of at least 4 members (excludes halogenated alkanes) is 1. The van der Waals surface area contributed by atoms with Crippen LogP contribution in [-0.2, 0) is 0 Å². The van der Waals surface area contributed by atoms with E-state index in [1.165, 1.54) is 0 Å². The van der Waals surface area contributed by atoms with Crippen molar-refractivity contribution in [2.45, 2.75) is 57.6 Å². The number of aromatic nitrogens is 4. The Balaban J connectivity index is 1.81. The summed E-state index contributed by atoms with van der Waals surface area (Å²) in [6, 6.07) is 0.303. The predicted molar refractivity (Wildman–Crippen MR) is 98.3 cm³/mol. The van der Waals surface area contributed by atoms with Gasteiger partial charge in [0.1, 0.15) is 5.82 Å². The molecule has 7 heteroatoms. The lowest BCUT2D eigenvalue weighted by molar-refractivity contribution is 0.126. The van der Waals surface area contributed by atoms with Gasteiger partial charge in [0.25, 0.3) is 0 Å². The highest BCUT2D eigenvalue weighted by atomic mass is 16.3. The Hall–Kier alpha value is -2.28. The molecule has 7 nitrogen and oxygen atoms in total. The fraction of sp³-hybridized carbons (Fsp3) is 0.556. The molecule has 25 heavy (non-hydrogen) atoms. The fourth-order valence-electron chi connectivity index (χ4n) is 2.99. The number of hydrogen-bond donors (Lipinski definition) is 3. The van der Waals surface area contributed by atoms with Crippen molar-refractivity contribution in [2.24, 2.45) is 0 Å². The van der Waals surface area contributed by atoms with Gasteiger partial charge in [-0.15, -0.1) is 0 Å². The largest absolute Gasteiger partial charge is 0.393 e. The van der Waals surface area contributed by atoms with E-state index in [-0.39, 0.29) is 6.10 Å². The van der Waals surface area contributed by atoms with Crippen LogP contribution < -0.4 is 10.6 Å². The molecule has 0 atom stereocenters. The minimum Gasteiger partial charge on any atom is -0.393 e. The lowest BCUT2D eigenvalue weighted by atomic mass is 9.93. The first-order valence-corrected chi connectivity index (χ1v) is 9.08. The van der Waals surface area contributed by atoms with E-state index in [2.05, 4.69) is 37.5 Å². The second-order valence-electron chi connectivity index (χ2n) is 6.48. The van der Waals surface area contributed by atoms with Crippen LogP contribution in [0.15, 0.2) is 24.8 Å². The standard InChI is InChI=1S/C18H26N6O/c1-2-3-8-21-18-22-11-15(16-12-19-9-10-20-16)17(24-18)23-13-4-6-14(25)7-5-13/h9-14,25H,2-8H2,1H3,(H2,21,22,23,24). The predicted octanol–water partition coefficient (Wildman–Crippen LogP) is 2.86. The van der Waals surface area contributed by atoms with Crippen molar-refractivity contribution in [3.8, 4) is 11.3 Å². The van der Waals surface area contributed by atoms with Gasteiger partial charge < -0.3 is 15.7 Å². The minimum atomic E-state index is -0.172. The highest BCUT2D eigenvalue weighted by Gasteiger charge is 2.21. The molecular formula is C18H26N6O. The van der Waals surface area contributed by atoms with E-state index in [0.717, 1.165) is 62.1 Å². The smallest absolute Gasteiger partial charge is 0.224 e. The zero-order valence-corrected chi connectivity index (χ0v) is 14.6. The lowest BCUT2D eigenvalue weighted by Crippen LogP contribution is -2.29. The Kier molecular flexibility index (Phi) is 6.11. The topological polar surface area (TPSA) is 95.9 Å². The van der Waals surface area contributed by atoms with Crippen LogP contribution in [0.1, 0.15) is 45.4 Å². The summed E-state index contributed by atoms with van der Waals surface area (Å²) in [5.74, 6) is 1.40. The van der Waals surface area contributed by atoms with Gasteiger partial charge in [-0.25, -0.2) is 4.98 Å². The number of anilines is 2. The molecule has 3 rings (SSSR count). The molecule has 2 aromatic heterocycles. The average molecular weight is 342 g/mol. The van der Waals surface area contributed by atoms with Gasteiger partial charge in [-0.2, -0.15) is 4.98 Å². The van der Waals surface area contributed by atoms with Crippen molar-refractivity contribution in [2.75, 3.05) is 17.2 Å². The monoisotopic (exact) mass is 342 g/mol. The summed E-state index contributed by atoms with van der Waals surface area (Å²) in [6.45, 7) is 3.01. The van der Waals surface area contributed by atoms with Crippen LogP contribution in [0.5, 0.6) is 0 Å². The van der Waals surface area contributed by atoms with Crippen molar-refractivity contribution >= 4 is 11.8 Å². The van der Waals surface area contributed by atoms with Crippen molar-refractivity contribution < 1.29 is 5.11 Å². The van der Waals surface area contributed by atoms with Crippen LogP contribution in [0.3, 0.4) is 0 Å². The Bertz CT molecular complexity index is 658. The molecular weight excluding hydrogens is 316 g/mol. The molecule has 0 saturated heterocycles. The van der Waals surface area contributed by atoms with E-state index in [9.17, 15) is 5.11 Å². The minimum absolute atomic E-state index is 0.172. The number of hydrogen-bond acceptors (Lipinski definition) is 7. The zero-order valence-electron chi connectivity index (χ0n) is 14.6. The summed E-state index contributed by atoms with van der Waals surface area (Å²) >= 11 is 0. The lowest BCUT2D eigenvalue weighted by Gasteiger charge is -2.27. The van der Waals surface area contributed by atoms with Crippen LogP contribution in [0.25, 0.3) is 11.3 Å². The van der Waals surface area contributed by atoms with Gasteiger partial charge in [0, 0.05) is 31.2 Å². The van der Waals surface area contributed by atoms with Crippen molar-refractivity contribution in [1.29, 1.82) is 0 Å². The van der Waals surface area contributed by atoms with E-state index in [1.54, 1.807) is 24.8 Å². The van der Waals surface area contributed by atoms with Crippen LogP contribution in [0.2, 0.25) is 0 Å². The SMILES string of the molecule is CCCCNc1ncc(-c2cnccn2)c(NC2CCC(O)CC2)n1. The summed E-state index contributed by atoms with van der Waals surface area (Å²) in [4.78, 5) is 17.6. The Morgan fingerprint density at radius 2 is 1.96 bits per heavy atom. The average Bonchev–Trinajstić information content (AvgIpc) is 2.65. The summed E-state index contributed by atoms with van der Waals surface area (Å²) in [5, 5.41) is 16.5. The molecule has 0 amide bonds. The third-order valence-corrected chi connectivity index (χ3v) is 4.48. The third-order valence-electron chi connectivity index (χ3n) is 4.48. The summed E-state index contributed by atoms with van der Waals surface area (Å²) in [6.07, 6.45) is 12.4. The van der Waals surface area contributed by atoms with Crippen LogP contribution in [0, 0.1) is 0 Å². The molecule has 1 saturated carbocycles. The number of nitrogens with zero attached hydrogens (tertiary/aromatic N) is 4. The van der Waals surface area contributed by atoms with Gasteiger partial charge in [0.15, 0.2) is 0 Å². The van der Waals surface area contributed by atoms with Gasteiger partial charge in [-0.1, -0.05) is 13.3 Å². The van der Waals surface area contributed by atoms with Gasteiger partial charge in [0.05, 0.1) is 23.6 Å². The normalized spacial score (nSPS) is 20.2.